The predicted octanol–water partition coefficient (Wildman–Crippen LogP) is 3.06. The number of nitrogens with zero attached hydrogens (tertiary/aromatic N) is 3. The number of aromatic nitrogens is 1. The van der Waals surface area contributed by atoms with Gasteiger partial charge in [0.25, 0.3) is 0 Å². The number of pyridine rings is 1. The van der Waals surface area contributed by atoms with E-state index in [0.29, 0.717) is 11.5 Å². The molecule has 2 amide bonds. The van der Waals surface area contributed by atoms with E-state index in [1.807, 2.05) is 0 Å². The molecule has 0 aromatic carbocycles. The van der Waals surface area contributed by atoms with Crippen molar-refractivity contribution in [2.24, 2.45) is 5.92 Å². The summed E-state index contributed by atoms with van der Waals surface area (Å²) in [7, 11) is 0. The van der Waals surface area contributed by atoms with Gasteiger partial charge in [0, 0.05) is 19.2 Å². The molecule has 0 spiro atoms. The van der Waals surface area contributed by atoms with E-state index in [0.717, 1.165) is 0 Å². The van der Waals surface area contributed by atoms with Crippen LogP contribution in [-0.2, 0) is 9.53 Å². The van der Waals surface area contributed by atoms with Crippen molar-refractivity contribution in [3.63, 3.8) is 0 Å². The maximum atomic E-state index is 12.4. The van der Waals surface area contributed by atoms with E-state index < -0.39 is 28.4 Å². The average molecular weight is 388 g/mol. The molecule has 3 rings (SSSR count). The van der Waals surface area contributed by atoms with Gasteiger partial charge in [-0.25, -0.2) is 9.78 Å². The molecule has 1 saturated heterocycles. The lowest BCUT2D eigenvalue weighted by atomic mass is 10.00. The van der Waals surface area contributed by atoms with Gasteiger partial charge < -0.3 is 19.4 Å². The lowest BCUT2D eigenvalue weighted by Gasteiger charge is -2.38. The van der Waals surface area contributed by atoms with E-state index in [4.69, 9.17) is 9.15 Å². The Balaban J connectivity index is 1.68. The molecule has 10 heteroatoms. The van der Waals surface area contributed by atoms with Crippen molar-refractivity contribution < 1.29 is 23.7 Å². The maximum Gasteiger partial charge on any atom is 0.410 e. The molecule has 10 nitrogen and oxygen atoms in total. The number of hydrogen-bond donors (Lipinski definition) is 1. The Morgan fingerprint density at radius 2 is 2.04 bits per heavy atom. The highest BCUT2D eigenvalue weighted by molar-refractivity contribution is 5.95. The number of nitrogens with one attached hydrogen (secondary N) is 1. The maximum absolute atomic E-state index is 12.4. The lowest BCUT2D eigenvalue weighted by molar-refractivity contribution is -0.384. The largest absolute Gasteiger partial charge is 0.463 e. The van der Waals surface area contributed by atoms with Crippen LogP contribution in [-0.4, -0.2) is 45.5 Å². The molecule has 1 N–H and O–H groups in total. The van der Waals surface area contributed by atoms with Gasteiger partial charge in [0.15, 0.2) is 5.76 Å². The fourth-order valence-electron chi connectivity index (χ4n) is 2.59. The second-order valence-corrected chi connectivity index (χ2v) is 7.37. The highest BCUT2D eigenvalue weighted by Gasteiger charge is 2.38. The van der Waals surface area contributed by atoms with E-state index >= 15 is 0 Å². The Morgan fingerprint density at radius 1 is 1.32 bits per heavy atom. The van der Waals surface area contributed by atoms with E-state index in [-0.39, 0.29) is 24.6 Å². The normalized spacial score (nSPS) is 14.3. The molecule has 3 heterocycles. The zero-order valence-corrected chi connectivity index (χ0v) is 15.7. The van der Waals surface area contributed by atoms with Crippen molar-refractivity contribution in [2.75, 3.05) is 18.4 Å². The number of hydrogen-bond acceptors (Lipinski definition) is 7. The van der Waals surface area contributed by atoms with Crippen LogP contribution in [0.5, 0.6) is 0 Å². The third kappa shape index (κ3) is 4.27. The van der Waals surface area contributed by atoms with Gasteiger partial charge in [0.05, 0.1) is 17.1 Å². The van der Waals surface area contributed by atoms with Gasteiger partial charge in [-0.1, -0.05) is 0 Å². The minimum absolute atomic E-state index is 0.167. The third-order valence-corrected chi connectivity index (χ3v) is 3.99. The SMILES string of the molecule is CC(C)(C)OC(=O)N1CC(C(=O)Nc2nc(-c3ccco3)ccc2[N+](=O)[O-])C1. The topological polar surface area (TPSA) is 128 Å². The Hall–Kier alpha value is -3.43. The molecule has 2 aromatic rings. The number of likely N-dealkylation sites (tertiary alicyclic amines) is 1. The van der Waals surface area contributed by atoms with Crippen LogP contribution in [0, 0.1) is 16.0 Å². The van der Waals surface area contributed by atoms with Gasteiger partial charge in [-0.05, 0) is 39.0 Å². The molecule has 1 fully saturated rings. The first kappa shape index (κ1) is 19.3. The standard InChI is InChI=1S/C18H20N4O6/c1-18(2,3)28-17(24)21-9-11(10-21)16(23)20-15-13(22(25)26)7-6-12(19-15)14-5-4-8-27-14/h4-8,11H,9-10H2,1-3H3,(H,19,20,23). The molecule has 0 aliphatic carbocycles. The van der Waals surface area contributed by atoms with Crippen molar-refractivity contribution in [1.29, 1.82) is 0 Å². The van der Waals surface area contributed by atoms with Gasteiger partial charge in [0.2, 0.25) is 11.7 Å². The predicted molar refractivity (Wildman–Crippen MR) is 98.5 cm³/mol. The number of furan rings is 1. The van der Waals surface area contributed by atoms with Crippen molar-refractivity contribution in [3.8, 4) is 11.5 Å². The first-order chi connectivity index (χ1) is 13.1. The number of carbonyl (C=O) groups excluding carboxylic acids is 2. The summed E-state index contributed by atoms with van der Waals surface area (Å²) in [6.07, 6.45) is 0.955. The van der Waals surface area contributed by atoms with E-state index in [9.17, 15) is 19.7 Å². The Labute approximate surface area is 160 Å². The van der Waals surface area contributed by atoms with Crippen molar-refractivity contribution in [3.05, 3.63) is 40.6 Å². The van der Waals surface area contributed by atoms with Crippen LogP contribution in [0.3, 0.4) is 0 Å². The summed E-state index contributed by atoms with van der Waals surface area (Å²) >= 11 is 0. The molecular formula is C18H20N4O6. The molecule has 0 atom stereocenters. The van der Waals surface area contributed by atoms with Crippen LogP contribution < -0.4 is 5.32 Å². The van der Waals surface area contributed by atoms with Crippen LogP contribution in [0.25, 0.3) is 11.5 Å². The minimum atomic E-state index is -0.624. The zero-order chi connectivity index (χ0) is 20.5. The number of amides is 2. The fraction of sp³-hybridized carbons (Fsp3) is 0.389. The molecule has 28 heavy (non-hydrogen) atoms. The zero-order valence-electron chi connectivity index (χ0n) is 15.7. The molecular weight excluding hydrogens is 368 g/mol. The number of ether oxygens (including phenoxy) is 1. The molecule has 1 aliphatic rings. The number of anilines is 1. The average Bonchev–Trinajstić information content (AvgIpc) is 3.05. The van der Waals surface area contributed by atoms with E-state index in [1.54, 1.807) is 32.9 Å². The van der Waals surface area contributed by atoms with Crippen molar-refractivity contribution in [1.82, 2.24) is 9.88 Å². The van der Waals surface area contributed by atoms with Gasteiger partial charge >= 0.3 is 11.8 Å². The number of nitro groups is 1. The molecule has 0 bridgehead atoms. The summed E-state index contributed by atoms with van der Waals surface area (Å²) in [5.74, 6) is -0.696. The van der Waals surface area contributed by atoms with Crippen LogP contribution >= 0.6 is 0 Å². The Kier molecular flexibility index (Phi) is 5.04. The Morgan fingerprint density at radius 3 is 2.61 bits per heavy atom. The monoisotopic (exact) mass is 388 g/mol. The molecule has 0 unspecified atom stereocenters. The summed E-state index contributed by atoms with van der Waals surface area (Å²) in [6.45, 7) is 5.61. The Bertz CT molecular complexity index is 897. The van der Waals surface area contributed by atoms with E-state index in [1.165, 1.54) is 23.3 Å². The number of carbonyl (C=O) groups is 2. The van der Waals surface area contributed by atoms with Crippen LogP contribution in [0.15, 0.2) is 34.9 Å². The quantitative estimate of drug-likeness (QED) is 0.629. The van der Waals surface area contributed by atoms with Crippen LogP contribution in [0.2, 0.25) is 0 Å². The van der Waals surface area contributed by atoms with Gasteiger partial charge in [-0.3, -0.25) is 14.9 Å². The van der Waals surface area contributed by atoms with Gasteiger partial charge in [-0.15, -0.1) is 0 Å². The molecule has 0 saturated carbocycles. The van der Waals surface area contributed by atoms with E-state index in [2.05, 4.69) is 10.3 Å². The first-order valence-corrected chi connectivity index (χ1v) is 8.62. The van der Waals surface area contributed by atoms with Crippen LogP contribution in [0.1, 0.15) is 20.8 Å². The summed E-state index contributed by atoms with van der Waals surface area (Å²) in [5.41, 5.74) is -0.594. The third-order valence-electron chi connectivity index (χ3n) is 3.99. The first-order valence-electron chi connectivity index (χ1n) is 8.62. The van der Waals surface area contributed by atoms with Crippen LogP contribution in [0.4, 0.5) is 16.3 Å². The van der Waals surface area contributed by atoms with Gasteiger partial charge in [0.1, 0.15) is 11.3 Å². The summed E-state index contributed by atoms with van der Waals surface area (Å²) in [6, 6.07) is 6.02. The van der Waals surface area contributed by atoms with Crippen molar-refractivity contribution >= 4 is 23.5 Å². The molecule has 148 valence electrons. The second kappa shape index (κ2) is 7.29. The molecule has 0 radical (unpaired) electrons. The smallest absolute Gasteiger partial charge is 0.410 e. The minimum Gasteiger partial charge on any atom is -0.463 e. The lowest BCUT2D eigenvalue weighted by Crippen LogP contribution is -2.55. The summed E-state index contributed by atoms with van der Waals surface area (Å²) < 4.78 is 10.5. The highest BCUT2D eigenvalue weighted by atomic mass is 16.6. The van der Waals surface area contributed by atoms with Crippen molar-refractivity contribution in [2.45, 2.75) is 26.4 Å². The van der Waals surface area contributed by atoms with Gasteiger partial charge in [-0.2, -0.15) is 0 Å². The molecule has 1 aliphatic heterocycles. The summed E-state index contributed by atoms with van der Waals surface area (Å²) in [5, 5.41) is 13.7. The highest BCUT2D eigenvalue weighted by Crippen LogP contribution is 2.28. The number of rotatable bonds is 4. The summed E-state index contributed by atoms with van der Waals surface area (Å²) in [4.78, 5) is 40.6. The second-order valence-electron chi connectivity index (χ2n) is 7.37. The molecule has 2 aromatic heterocycles. The fourth-order valence-corrected chi connectivity index (χ4v) is 2.59.